The second-order valence-electron chi connectivity index (χ2n) is 4.79. The zero-order chi connectivity index (χ0) is 13.1. The molecule has 1 saturated heterocycles. The van der Waals surface area contributed by atoms with E-state index in [1.807, 2.05) is 13.8 Å². The summed E-state index contributed by atoms with van der Waals surface area (Å²) < 4.78 is 26.1. The van der Waals surface area contributed by atoms with E-state index in [-0.39, 0.29) is 18.0 Å². The Hall–Kier alpha value is -0.750. The molecule has 0 aliphatic carbocycles. The summed E-state index contributed by atoms with van der Waals surface area (Å²) in [6.07, 6.45) is 1.38. The maximum Gasteiger partial charge on any atom is 0.287 e. The topological polar surface area (TPSA) is 52.6 Å². The van der Waals surface area contributed by atoms with Gasteiger partial charge < -0.3 is 15.3 Å². The molecule has 0 aromatic heterocycles. The first-order valence-electron chi connectivity index (χ1n) is 5.89. The van der Waals surface area contributed by atoms with Gasteiger partial charge in [-0.15, -0.1) is 0 Å². The van der Waals surface area contributed by atoms with Crippen LogP contribution in [-0.2, 0) is 4.79 Å². The number of halogens is 2. The van der Waals surface area contributed by atoms with Gasteiger partial charge in [0.1, 0.15) is 6.61 Å². The Balaban J connectivity index is 2.59. The van der Waals surface area contributed by atoms with Gasteiger partial charge in [0, 0.05) is 12.6 Å². The lowest BCUT2D eigenvalue weighted by molar-refractivity contribution is -0.144. The van der Waals surface area contributed by atoms with Crippen LogP contribution in [0.15, 0.2) is 0 Å². The molecule has 1 amide bonds. The van der Waals surface area contributed by atoms with Gasteiger partial charge in [-0.3, -0.25) is 4.79 Å². The first kappa shape index (κ1) is 14.3. The van der Waals surface area contributed by atoms with Crippen LogP contribution in [0.2, 0.25) is 0 Å². The van der Waals surface area contributed by atoms with Crippen LogP contribution in [0.5, 0.6) is 0 Å². The molecule has 17 heavy (non-hydrogen) atoms. The number of carbonyl (C=O) groups is 1. The van der Waals surface area contributed by atoms with Crippen molar-refractivity contribution >= 4 is 5.91 Å². The number of nitrogens with one attached hydrogen (secondary N) is 1. The van der Waals surface area contributed by atoms with Crippen LogP contribution >= 0.6 is 0 Å². The Morgan fingerprint density at radius 1 is 1.59 bits per heavy atom. The fourth-order valence-electron chi connectivity index (χ4n) is 1.98. The number of nitrogens with zero attached hydrogens (tertiary/aromatic N) is 1. The highest BCUT2D eigenvalue weighted by Crippen LogP contribution is 2.19. The van der Waals surface area contributed by atoms with Gasteiger partial charge in [0.2, 0.25) is 5.91 Å². The van der Waals surface area contributed by atoms with Crippen molar-refractivity contribution in [3.8, 4) is 0 Å². The third-order valence-corrected chi connectivity index (χ3v) is 2.72. The number of rotatable bonds is 5. The Bertz CT molecular complexity index is 272. The van der Waals surface area contributed by atoms with Crippen LogP contribution < -0.4 is 5.32 Å². The number of piperidine rings is 1. The highest BCUT2D eigenvalue weighted by Gasteiger charge is 2.37. The second kappa shape index (κ2) is 5.73. The van der Waals surface area contributed by atoms with E-state index in [1.54, 1.807) is 0 Å². The third kappa shape index (κ3) is 4.20. The van der Waals surface area contributed by atoms with Gasteiger partial charge >= 0.3 is 0 Å². The molecule has 0 aromatic carbocycles. The average Bonchev–Trinajstić information content (AvgIpc) is 2.23. The summed E-state index contributed by atoms with van der Waals surface area (Å²) in [5.41, 5.74) is 0. The van der Waals surface area contributed by atoms with Gasteiger partial charge in [0.05, 0.1) is 12.6 Å². The molecule has 1 rings (SSSR count). The first-order valence-corrected chi connectivity index (χ1v) is 5.89. The van der Waals surface area contributed by atoms with Crippen molar-refractivity contribution in [2.75, 3.05) is 19.7 Å². The minimum Gasteiger partial charge on any atom is -0.390 e. The van der Waals surface area contributed by atoms with Crippen LogP contribution in [0.25, 0.3) is 0 Å². The first-order chi connectivity index (χ1) is 7.85. The molecule has 4 nitrogen and oxygen atoms in total. The van der Waals surface area contributed by atoms with Gasteiger partial charge in [-0.1, -0.05) is 13.8 Å². The Morgan fingerprint density at radius 2 is 2.24 bits per heavy atom. The molecule has 1 heterocycles. The number of carbonyl (C=O) groups excluding carboxylic acids is 1. The van der Waals surface area contributed by atoms with Crippen LogP contribution in [-0.4, -0.2) is 53.6 Å². The SMILES string of the molecule is CC(C)NC1CCCN(CC(F)(F)CO)C1=O. The largest absolute Gasteiger partial charge is 0.390 e. The predicted octanol–water partition coefficient (Wildman–Crippen LogP) is 0.603. The van der Waals surface area contributed by atoms with E-state index in [2.05, 4.69) is 5.32 Å². The van der Waals surface area contributed by atoms with Crippen molar-refractivity contribution < 1.29 is 18.7 Å². The number of hydrogen-bond acceptors (Lipinski definition) is 3. The van der Waals surface area contributed by atoms with E-state index >= 15 is 0 Å². The highest BCUT2D eigenvalue weighted by molar-refractivity contribution is 5.82. The summed E-state index contributed by atoms with van der Waals surface area (Å²) in [5.74, 6) is -3.51. The number of likely N-dealkylation sites (tertiary alicyclic amines) is 1. The van der Waals surface area contributed by atoms with Gasteiger partial charge in [-0.2, -0.15) is 0 Å². The molecular weight excluding hydrogens is 230 g/mol. The highest BCUT2D eigenvalue weighted by atomic mass is 19.3. The molecule has 6 heteroatoms. The third-order valence-electron chi connectivity index (χ3n) is 2.72. The lowest BCUT2D eigenvalue weighted by Crippen LogP contribution is -2.55. The second-order valence-corrected chi connectivity index (χ2v) is 4.79. The normalized spacial score (nSPS) is 22.4. The summed E-state index contributed by atoms with van der Waals surface area (Å²) in [7, 11) is 0. The van der Waals surface area contributed by atoms with Crippen LogP contribution in [0.4, 0.5) is 8.78 Å². The van der Waals surface area contributed by atoms with E-state index in [0.29, 0.717) is 19.4 Å². The summed E-state index contributed by atoms with van der Waals surface area (Å²) in [4.78, 5) is 13.0. The molecule has 1 unspecified atom stereocenters. The fourth-order valence-corrected chi connectivity index (χ4v) is 1.98. The summed E-state index contributed by atoms with van der Waals surface area (Å²) in [6.45, 7) is 2.24. The monoisotopic (exact) mass is 250 g/mol. The van der Waals surface area contributed by atoms with Crippen molar-refractivity contribution in [1.82, 2.24) is 10.2 Å². The molecule has 0 radical (unpaired) electrons. The number of aliphatic hydroxyl groups excluding tert-OH is 1. The zero-order valence-corrected chi connectivity index (χ0v) is 10.2. The molecule has 1 fully saturated rings. The Labute approximate surface area is 100.0 Å². The standard InChI is InChI=1S/C11H20F2N2O2/c1-8(2)14-9-4-3-5-15(10(9)17)6-11(12,13)7-16/h8-9,14,16H,3-7H2,1-2H3. The fraction of sp³-hybridized carbons (Fsp3) is 0.909. The Morgan fingerprint density at radius 3 is 2.76 bits per heavy atom. The van der Waals surface area contributed by atoms with Crippen molar-refractivity contribution in [3.05, 3.63) is 0 Å². The summed E-state index contributed by atoms with van der Waals surface area (Å²) in [5, 5.41) is 11.6. The predicted molar refractivity (Wildman–Crippen MR) is 59.9 cm³/mol. The van der Waals surface area contributed by atoms with Crippen molar-refractivity contribution in [2.45, 2.75) is 44.7 Å². The maximum absolute atomic E-state index is 13.0. The van der Waals surface area contributed by atoms with Gasteiger partial charge in [0.15, 0.2) is 0 Å². The molecule has 1 aliphatic rings. The summed E-state index contributed by atoms with van der Waals surface area (Å²) >= 11 is 0. The molecule has 1 aliphatic heterocycles. The van der Waals surface area contributed by atoms with E-state index < -0.39 is 19.1 Å². The number of amides is 1. The average molecular weight is 250 g/mol. The Kier molecular flexibility index (Phi) is 4.82. The molecule has 0 spiro atoms. The molecule has 0 bridgehead atoms. The van der Waals surface area contributed by atoms with Crippen molar-refractivity contribution in [1.29, 1.82) is 0 Å². The zero-order valence-electron chi connectivity index (χ0n) is 10.2. The van der Waals surface area contributed by atoms with Crippen molar-refractivity contribution in [3.63, 3.8) is 0 Å². The molecule has 0 saturated carbocycles. The maximum atomic E-state index is 13.0. The van der Waals surface area contributed by atoms with Crippen LogP contribution in [0, 0.1) is 0 Å². The van der Waals surface area contributed by atoms with Crippen LogP contribution in [0.3, 0.4) is 0 Å². The van der Waals surface area contributed by atoms with E-state index in [0.717, 1.165) is 4.90 Å². The lowest BCUT2D eigenvalue weighted by Gasteiger charge is -2.35. The molecule has 2 N–H and O–H groups in total. The lowest BCUT2D eigenvalue weighted by atomic mass is 10.0. The van der Waals surface area contributed by atoms with Crippen molar-refractivity contribution in [2.24, 2.45) is 0 Å². The number of hydrogen-bond donors (Lipinski definition) is 2. The van der Waals surface area contributed by atoms with Gasteiger partial charge in [-0.05, 0) is 12.8 Å². The van der Waals surface area contributed by atoms with E-state index in [4.69, 9.17) is 5.11 Å². The smallest absolute Gasteiger partial charge is 0.287 e. The van der Waals surface area contributed by atoms with Crippen LogP contribution in [0.1, 0.15) is 26.7 Å². The molecule has 0 aromatic rings. The van der Waals surface area contributed by atoms with Gasteiger partial charge in [-0.25, -0.2) is 8.78 Å². The number of aliphatic hydroxyl groups is 1. The van der Waals surface area contributed by atoms with Gasteiger partial charge in [0.25, 0.3) is 5.92 Å². The van der Waals surface area contributed by atoms with E-state index in [1.165, 1.54) is 0 Å². The molecular formula is C11H20F2N2O2. The quantitative estimate of drug-likeness (QED) is 0.751. The number of alkyl halides is 2. The molecule has 1 atom stereocenters. The minimum absolute atomic E-state index is 0.141. The van der Waals surface area contributed by atoms with E-state index in [9.17, 15) is 13.6 Å². The molecule has 100 valence electrons. The summed E-state index contributed by atoms with van der Waals surface area (Å²) in [6, 6.07) is -0.236. The minimum atomic E-state index is -3.21.